The first-order chi connectivity index (χ1) is 12.6. The number of rotatable bonds is 3. The van der Waals surface area contributed by atoms with E-state index in [4.69, 9.17) is 11.6 Å². The molecule has 130 valence electrons. The van der Waals surface area contributed by atoms with Crippen LogP contribution in [0.4, 0.5) is 10.5 Å². The van der Waals surface area contributed by atoms with Crippen molar-refractivity contribution in [3.05, 3.63) is 76.2 Å². The van der Waals surface area contributed by atoms with Crippen LogP contribution in [0.15, 0.2) is 60.0 Å². The highest BCUT2D eigenvalue weighted by Gasteiger charge is 2.50. The molecular formula is C20H16ClN2O2S+. The van der Waals surface area contributed by atoms with Crippen LogP contribution in [0, 0.1) is 6.92 Å². The van der Waals surface area contributed by atoms with Gasteiger partial charge in [-0.25, -0.2) is 4.79 Å². The predicted octanol–water partition coefficient (Wildman–Crippen LogP) is 4.40. The van der Waals surface area contributed by atoms with Crippen molar-refractivity contribution in [1.29, 1.82) is 0 Å². The predicted molar refractivity (Wildman–Crippen MR) is 105 cm³/mol. The second kappa shape index (κ2) is 6.74. The van der Waals surface area contributed by atoms with Crippen LogP contribution in [0.25, 0.3) is 0 Å². The summed E-state index contributed by atoms with van der Waals surface area (Å²) in [4.78, 5) is 27.4. The second-order valence-corrected chi connectivity index (χ2v) is 7.64. The number of amides is 3. The number of carbonyl (C=O) groups is 2. The lowest BCUT2D eigenvalue weighted by atomic mass is 10.1. The molecule has 2 aromatic carbocycles. The van der Waals surface area contributed by atoms with Crippen LogP contribution in [0.3, 0.4) is 0 Å². The number of thioether (sulfide) groups is 1. The van der Waals surface area contributed by atoms with Gasteiger partial charge in [-0.15, -0.1) is 16.7 Å². The minimum absolute atomic E-state index is 0.219. The van der Waals surface area contributed by atoms with Gasteiger partial charge < -0.3 is 0 Å². The van der Waals surface area contributed by atoms with E-state index in [1.54, 1.807) is 28.8 Å². The minimum Gasteiger partial charge on any atom is -0.244 e. The summed E-state index contributed by atoms with van der Waals surface area (Å²) in [6.07, 6.45) is 1.86. The summed E-state index contributed by atoms with van der Waals surface area (Å²) in [5.41, 5.74) is 3.45. The van der Waals surface area contributed by atoms with E-state index in [0.29, 0.717) is 17.3 Å². The Morgan fingerprint density at radius 2 is 1.85 bits per heavy atom. The molecule has 1 atom stereocenters. The highest BCUT2D eigenvalue weighted by atomic mass is 35.5. The first-order valence-electron chi connectivity index (χ1n) is 8.20. The Morgan fingerprint density at radius 1 is 1.12 bits per heavy atom. The van der Waals surface area contributed by atoms with E-state index >= 15 is 0 Å². The van der Waals surface area contributed by atoms with Crippen molar-refractivity contribution in [3.8, 4) is 0 Å². The van der Waals surface area contributed by atoms with Crippen LogP contribution in [0.1, 0.15) is 11.1 Å². The van der Waals surface area contributed by atoms with Gasteiger partial charge in [-0.05, 0) is 53.8 Å². The number of carbonyl (C=O) groups excluding carboxylic acids is 2. The van der Waals surface area contributed by atoms with Crippen LogP contribution in [-0.2, 0) is 11.3 Å². The molecule has 4 nitrogen and oxygen atoms in total. The Hall–Kier alpha value is -2.37. The third-order valence-electron chi connectivity index (χ3n) is 4.58. The number of nitrogens with zero attached hydrogens (tertiary/aromatic N) is 2. The van der Waals surface area contributed by atoms with Crippen LogP contribution in [-0.4, -0.2) is 27.5 Å². The van der Waals surface area contributed by atoms with Gasteiger partial charge in [0.1, 0.15) is 17.9 Å². The number of anilines is 1. The van der Waals surface area contributed by atoms with Crippen LogP contribution in [0.5, 0.6) is 0 Å². The molecule has 0 spiro atoms. The summed E-state index contributed by atoms with van der Waals surface area (Å²) in [5.74, 6) is -0.219. The number of hydrogen-bond donors (Lipinski definition) is 0. The molecule has 3 amide bonds. The first kappa shape index (κ1) is 17.1. The molecule has 0 saturated heterocycles. The lowest BCUT2D eigenvalue weighted by molar-refractivity contribution is -0.444. The number of fused-ring (bicyclic) bond motifs is 1. The minimum atomic E-state index is -0.396. The second-order valence-electron chi connectivity index (χ2n) is 6.19. The zero-order valence-electron chi connectivity index (χ0n) is 14.1. The Labute approximate surface area is 160 Å². The van der Waals surface area contributed by atoms with E-state index in [0.717, 1.165) is 16.8 Å². The number of allylic oxidation sites excluding steroid dienone is 1. The zero-order valence-corrected chi connectivity index (χ0v) is 15.6. The Kier molecular flexibility index (Phi) is 4.42. The number of imide groups is 1. The van der Waals surface area contributed by atoms with E-state index in [-0.39, 0.29) is 11.9 Å². The van der Waals surface area contributed by atoms with Gasteiger partial charge in [-0.3, -0.25) is 0 Å². The van der Waals surface area contributed by atoms with Crippen molar-refractivity contribution in [2.75, 3.05) is 4.90 Å². The summed E-state index contributed by atoms with van der Waals surface area (Å²) in [5, 5.41) is 2.04. The van der Waals surface area contributed by atoms with Gasteiger partial charge in [0.05, 0.1) is 0 Å². The van der Waals surface area contributed by atoms with Crippen LogP contribution in [0.2, 0.25) is 5.02 Å². The Morgan fingerprint density at radius 3 is 2.58 bits per heavy atom. The normalized spacial score (nSPS) is 19.3. The molecule has 0 bridgehead atoms. The Balaban J connectivity index is 1.78. The number of aryl methyl sites for hydroxylation is 1. The van der Waals surface area contributed by atoms with E-state index < -0.39 is 5.25 Å². The molecule has 1 unspecified atom stereocenters. The molecule has 0 saturated carbocycles. The molecule has 4 rings (SSSR count). The van der Waals surface area contributed by atoms with E-state index in [1.165, 1.54) is 16.7 Å². The molecule has 2 aromatic rings. The van der Waals surface area contributed by atoms with Gasteiger partial charge in [0, 0.05) is 5.02 Å². The smallest absolute Gasteiger partial charge is 0.244 e. The number of benzene rings is 2. The van der Waals surface area contributed by atoms with Crippen LogP contribution < -0.4 is 4.90 Å². The summed E-state index contributed by atoms with van der Waals surface area (Å²) < 4.78 is 1.69. The van der Waals surface area contributed by atoms with Crippen LogP contribution >= 0.6 is 23.4 Å². The molecule has 2 aliphatic rings. The van der Waals surface area contributed by atoms with Crippen molar-refractivity contribution < 1.29 is 14.2 Å². The van der Waals surface area contributed by atoms with Crippen molar-refractivity contribution in [1.82, 2.24) is 0 Å². The maximum atomic E-state index is 13.2. The van der Waals surface area contributed by atoms with Gasteiger partial charge >= 0.3 is 11.9 Å². The van der Waals surface area contributed by atoms with Gasteiger partial charge in [-0.1, -0.05) is 35.9 Å². The van der Waals surface area contributed by atoms with Gasteiger partial charge in [0.15, 0.2) is 5.25 Å². The number of hydrogen-bond acceptors (Lipinski definition) is 3. The number of urea groups is 1. The summed E-state index contributed by atoms with van der Waals surface area (Å²) in [7, 11) is 0. The molecule has 2 heterocycles. The molecule has 0 N–H and O–H groups in total. The van der Waals surface area contributed by atoms with Crippen molar-refractivity contribution in [2.45, 2.75) is 18.7 Å². The summed E-state index contributed by atoms with van der Waals surface area (Å²) >= 11 is 7.38. The zero-order chi connectivity index (χ0) is 18.3. The SMILES string of the molecule is Cc1ccccc1C[N+]1=C2C=CSC2C(=O)N(c2ccc(Cl)cc2)C1=O. The molecule has 26 heavy (non-hydrogen) atoms. The highest BCUT2D eigenvalue weighted by molar-refractivity contribution is 8.04. The summed E-state index contributed by atoms with van der Waals surface area (Å²) in [6, 6.07) is 14.4. The maximum absolute atomic E-state index is 13.2. The largest absolute Gasteiger partial charge is 0.506 e. The van der Waals surface area contributed by atoms with Crippen molar-refractivity contribution >= 4 is 46.7 Å². The highest BCUT2D eigenvalue weighted by Crippen LogP contribution is 2.31. The first-order valence-corrected chi connectivity index (χ1v) is 9.53. The lowest BCUT2D eigenvalue weighted by Gasteiger charge is -2.24. The third-order valence-corrected chi connectivity index (χ3v) is 5.84. The monoisotopic (exact) mass is 383 g/mol. The van der Waals surface area contributed by atoms with Crippen molar-refractivity contribution in [3.63, 3.8) is 0 Å². The van der Waals surface area contributed by atoms with Gasteiger partial charge in [0.2, 0.25) is 0 Å². The molecular weight excluding hydrogens is 368 g/mol. The maximum Gasteiger partial charge on any atom is 0.506 e. The fourth-order valence-corrected chi connectivity index (χ4v) is 4.22. The van der Waals surface area contributed by atoms with E-state index in [9.17, 15) is 9.59 Å². The fourth-order valence-electron chi connectivity index (χ4n) is 3.15. The number of halogens is 1. The molecule has 0 aliphatic carbocycles. The average Bonchev–Trinajstić information content (AvgIpc) is 3.12. The van der Waals surface area contributed by atoms with E-state index in [2.05, 4.69) is 0 Å². The van der Waals surface area contributed by atoms with Crippen molar-refractivity contribution in [2.24, 2.45) is 0 Å². The molecule has 6 heteroatoms. The van der Waals surface area contributed by atoms with Gasteiger partial charge in [-0.2, -0.15) is 9.37 Å². The standard InChI is InChI=1S/C20H16ClN2O2S/c1-13-4-2-3-5-14(13)12-22-17-10-11-26-18(17)19(24)23(20(22)25)16-8-6-15(21)7-9-16/h2-11,18H,12H2,1H3/q+1. The molecule has 0 aromatic heterocycles. The lowest BCUT2D eigenvalue weighted by Crippen LogP contribution is -2.55. The Bertz CT molecular complexity index is 966. The summed E-state index contributed by atoms with van der Waals surface area (Å²) in [6.45, 7) is 2.45. The van der Waals surface area contributed by atoms with E-state index in [1.807, 2.05) is 42.7 Å². The third kappa shape index (κ3) is 2.87. The fraction of sp³-hybridized carbons (Fsp3) is 0.150. The molecule has 0 radical (unpaired) electrons. The molecule has 2 aliphatic heterocycles. The average molecular weight is 384 g/mol. The quantitative estimate of drug-likeness (QED) is 0.737. The van der Waals surface area contributed by atoms with Gasteiger partial charge in [0.25, 0.3) is 0 Å². The topological polar surface area (TPSA) is 40.4 Å². The molecule has 0 fully saturated rings.